The summed E-state index contributed by atoms with van der Waals surface area (Å²) in [4.78, 5) is 13.9. The van der Waals surface area contributed by atoms with Gasteiger partial charge >= 0.3 is 0 Å². The van der Waals surface area contributed by atoms with E-state index in [4.69, 9.17) is 5.73 Å². The molecule has 0 spiro atoms. The molecule has 2 atom stereocenters. The maximum absolute atomic E-state index is 12.8. The summed E-state index contributed by atoms with van der Waals surface area (Å²) in [7, 11) is 1.73. The summed E-state index contributed by atoms with van der Waals surface area (Å²) >= 11 is 0. The first-order valence-corrected chi connectivity index (χ1v) is 6.36. The van der Waals surface area contributed by atoms with E-state index in [9.17, 15) is 9.18 Å². The Hall–Kier alpha value is -1.13. The van der Waals surface area contributed by atoms with E-state index >= 15 is 0 Å². The predicted molar refractivity (Wildman–Crippen MR) is 77.0 cm³/mol. The molecule has 3 nitrogen and oxygen atoms in total. The minimum Gasteiger partial charge on any atom is -0.328 e. The number of nitrogens with two attached hydrogens (primary N) is 1. The lowest BCUT2D eigenvalue weighted by atomic mass is 9.85. The summed E-state index contributed by atoms with van der Waals surface area (Å²) in [6.45, 7) is 0. The molecular formula is C14H20ClFN2O. The molecule has 1 aliphatic rings. The van der Waals surface area contributed by atoms with E-state index in [0.717, 1.165) is 31.4 Å². The van der Waals surface area contributed by atoms with Crippen molar-refractivity contribution in [3.05, 3.63) is 30.1 Å². The second-order valence-corrected chi connectivity index (χ2v) is 5.00. The number of benzene rings is 1. The molecule has 2 unspecified atom stereocenters. The van der Waals surface area contributed by atoms with Gasteiger partial charge in [-0.3, -0.25) is 4.79 Å². The third kappa shape index (κ3) is 3.91. The first-order valence-electron chi connectivity index (χ1n) is 6.36. The zero-order valence-electron chi connectivity index (χ0n) is 11.0. The Morgan fingerprint density at radius 1 is 1.32 bits per heavy atom. The standard InChI is InChI=1S/C14H19FN2O.ClH/c1-17(13-7-5-11(15)6-8-13)14(18)10-3-2-4-12(16)9-10;/h5-8,10,12H,2-4,9,16H2,1H3;1H. The van der Waals surface area contributed by atoms with Crippen LogP contribution in [0.1, 0.15) is 25.7 Å². The number of anilines is 1. The third-order valence-corrected chi connectivity index (χ3v) is 3.61. The number of nitrogens with zero attached hydrogens (tertiary/aromatic N) is 1. The fourth-order valence-electron chi connectivity index (χ4n) is 2.52. The van der Waals surface area contributed by atoms with Crippen molar-refractivity contribution >= 4 is 24.0 Å². The Labute approximate surface area is 119 Å². The van der Waals surface area contributed by atoms with Gasteiger partial charge in [-0.1, -0.05) is 6.42 Å². The molecular weight excluding hydrogens is 267 g/mol. The van der Waals surface area contributed by atoms with Crippen molar-refractivity contribution in [2.75, 3.05) is 11.9 Å². The van der Waals surface area contributed by atoms with Gasteiger partial charge in [0.25, 0.3) is 0 Å². The zero-order chi connectivity index (χ0) is 13.1. The first-order chi connectivity index (χ1) is 8.58. The van der Waals surface area contributed by atoms with Crippen LogP contribution in [0.3, 0.4) is 0 Å². The molecule has 5 heteroatoms. The molecule has 0 aliphatic heterocycles. The lowest BCUT2D eigenvalue weighted by molar-refractivity contribution is -0.123. The van der Waals surface area contributed by atoms with Gasteiger partial charge in [0.05, 0.1) is 0 Å². The molecule has 0 bridgehead atoms. The van der Waals surface area contributed by atoms with Crippen LogP contribution < -0.4 is 10.6 Å². The van der Waals surface area contributed by atoms with Crippen molar-refractivity contribution < 1.29 is 9.18 Å². The monoisotopic (exact) mass is 286 g/mol. The van der Waals surface area contributed by atoms with Crippen LogP contribution >= 0.6 is 12.4 Å². The predicted octanol–water partition coefficient (Wildman–Crippen LogP) is 2.73. The normalized spacial score (nSPS) is 22.5. The number of carbonyl (C=O) groups excluding carboxylic acids is 1. The zero-order valence-corrected chi connectivity index (χ0v) is 11.8. The van der Waals surface area contributed by atoms with Gasteiger partial charge in [-0.05, 0) is 43.5 Å². The van der Waals surface area contributed by atoms with Crippen molar-refractivity contribution in [3.63, 3.8) is 0 Å². The third-order valence-electron chi connectivity index (χ3n) is 3.61. The Morgan fingerprint density at radius 2 is 1.95 bits per heavy atom. The molecule has 1 saturated carbocycles. The molecule has 1 aromatic carbocycles. The van der Waals surface area contributed by atoms with E-state index < -0.39 is 0 Å². The minimum absolute atomic E-state index is 0. The molecule has 19 heavy (non-hydrogen) atoms. The van der Waals surface area contributed by atoms with Gasteiger partial charge in [-0.2, -0.15) is 0 Å². The number of hydrogen-bond donors (Lipinski definition) is 1. The van der Waals surface area contributed by atoms with Crippen molar-refractivity contribution in [2.24, 2.45) is 11.7 Å². The van der Waals surface area contributed by atoms with E-state index in [-0.39, 0.29) is 36.1 Å². The molecule has 0 saturated heterocycles. The largest absolute Gasteiger partial charge is 0.328 e. The van der Waals surface area contributed by atoms with Gasteiger partial charge in [0, 0.05) is 24.7 Å². The summed E-state index contributed by atoms with van der Waals surface area (Å²) in [5, 5.41) is 0. The Bertz CT molecular complexity index is 424. The van der Waals surface area contributed by atoms with Crippen molar-refractivity contribution in [1.29, 1.82) is 0 Å². The quantitative estimate of drug-likeness (QED) is 0.909. The lowest BCUT2D eigenvalue weighted by Crippen LogP contribution is -2.38. The van der Waals surface area contributed by atoms with Crippen LogP contribution in [0, 0.1) is 11.7 Å². The topological polar surface area (TPSA) is 46.3 Å². The van der Waals surface area contributed by atoms with Crippen LogP contribution in [-0.2, 0) is 4.79 Å². The number of amides is 1. The number of carbonyl (C=O) groups is 1. The molecule has 0 radical (unpaired) electrons. The molecule has 106 valence electrons. The summed E-state index contributed by atoms with van der Waals surface area (Å²) in [5.41, 5.74) is 6.62. The highest BCUT2D eigenvalue weighted by molar-refractivity contribution is 5.94. The van der Waals surface area contributed by atoms with Crippen LogP contribution in [0.25, 0.3) is 0 Å². The smallest absolute Gasteiger partial charge is 0.229 e. The van der Waals surface area contributed by atoms with Crippen LogP contribution in [-0.4, -0.2) is 19.0 Å². The molecule has 1 amide bonds. The average Bonchev–Trinajstić information content (AvgIpc) is 2.38. The maximum atomic E-state index is 12.8. The van der Waals surface area contributed by atoms with E-state index in [1.807, 2.05) is 0 Å². The number of rotatable bonds is 2. The lowest BCUT2D eigenvalue weighted by Gasteiger charge is -2.29. The Kier molecular flexibility index (Phi) is 5.76. The molecule has 2 N–H and O–H groups in total. The molecule has 0 aromatic heterocycles. The van der Waals surface area contributed by atoms with E-state index in [1.165, 1.54) is 12.1 Å². The second kappa shape index (κ2) is 6.87. The van der Waals surface area contributed by atoms with Crippen LogP contribution in [0.4, 0.5) is 10.1 Å². The van der Waals surface area contributed by atoms with E-state index in [2.05, 4.69) is 0 Å². The molecule has 1 aromatic rings. The van der Waals surface area contributed by atoms with Crippen molar-refractivity contribution in [3.8, 4) is 0 Å². The average molecular weight is 287 g/mol. The Morgan fingerprint density at radius 3 is 2.53 bits per heavy atom. The van der Waals surface area contributed by atoms with Gasteiger partial charge in [0.2, 0.25) is 5.91 Å². The summed E-state index contributed by atoms with van der Waals surface area (Å²) < 4.78 is 12.8. The molecule has 0 heterocycles. The number of halogens is 2. The van der Waals surface area contributed by atoms with Crippen LogP contribution in [0.2, 0.25) is 0 Å². The maximum Gasteiger partial charge on any atom is 0.229 e. The molecule has 2 rings (SSSR count). The fraction of sp³-hybridized carbons (Fsp3) is 0.500. The van der Waals surface area contributed by atoms with Crippen LogP contribution in [0.5, 0.6) is 0 Å². The minimum atomic E-state index is -0.292. The summed E-state index contributed by atoms with van der Waals surface area (Å²) in [5.74, 6) is -0.208. The fourth-order valence-corrected chi connectivity index (χ4v) is 2.52. The van der Waals surface area contributed by atoms with Gasteiger partial charge in [0.15, 0.2) is 0 Å². The highest BCUT2D eigenvalue weighted by atomic mass is 35.5. The van der Waals surface area contributed by atoms with E-state index in [0.29, 0.717) is 0 Å². The van der Waals surface area contributed by atoms with E-state index in [1.54, 1.807) is 24.1 Å². The van der Waals surface area contributed by atoms with Crippen molar-refractivity contribution in [1.82, 2.24) is 0 Å². The highest BCUT2D eigenvalue weighted by Crippen LogP contribution is 2.26. The first kappa shape index (κ1) is 15.9. The van der Waals surface area contributed by atoms with Crippen molar-refractivity contribution in [2.45, 2.75) is 31.7 Å². The molecule has 1 fully saturated rings. The van der Waals surface area contributed by atoms with Gasteiger partial charge in [-0.25, -0.2) is 4.39 Å². The van der Waals surface area contributed by atoms with Gasteiger partial charge < -0.3 is 10.6 Å². The van der Waals surface area contributed by atoms with Gasteiger partial charge in [0.1, 0.15) is 5.82 Å². The SMILES string of the molecule is CN(C(=O)C1CCCC(N)C1)c1ccc(F)cc1.Cl. The molecule has 1 aliphatic carbocycles. The Balaban J connectivity index is 0.00000180. The highest BCUT2D eigenvalue weighted by Gasteiger charge is 2.27. The number of hydrogen-bond acceptors (Lipinski definition) is 2. The van der Waals surface area contributed by atoms with Crippen LogP contribution in [0.15, 0.2) is 24.3 Å². The van der Waals surface area contributed by atoms with Gasteiger partial charge in [-0.15, -0.1) is 12.4 Å². The summed E-state index contributed by atoms with van der Waals surface area (Å²) in [6, 6.07) is 6.11. The summed E-state index contributed by atoms with van der Waals surface area (Å²) in [6.07, 6.45) is 3.67. The second-order valence-electron chi connectivity index (χ2n) is 5.00.